The zero-order valence-electron chi connectivity index (χ0n) is 11.2. The number of likely N-dealkylation sites (tertiary alicyclic amines) is 1. The first-order valence-electron chi connectivity index (χ1n) is 6.58. The number of piperidine rings is 1. The molecule has 0 amide bonds. The lowest BCUT2D eigenvalue weighted by Gasteiger charge is -2.32. The first-order valence-corrected chi connectivity index (χ1v) is 6.58. The van der Waals surface area contributed by atoms with Gasteiger partial charge >= 0.3 is 12.1 Å². The minimum absolute atomic E-state index is 0.0269. The van der Waals surface area contributed by atoms with E-state index in [1.807, 2.05) is 0 Å². The fourth-order valence-corrected chi connectivity index (χ4v) is 2.25. The number of nitrogens with zero attached hydrogens (tertiary/aromatic N) is 2. The molecular weight excluding hydrogens is 293 g/mol. The van der Waals surface area contributed by atoms with Gasteiger partial charge in [0.1, 0.15) is 5.69 Å². The number of halogens is 5. The Morgan fingerprint density at radius 2 is 1.76 bits per heavy atom. The van der Waals surface area contributed by atoms with Gasteiger partial charge in [0.2, 0.25) is 0 Å². The van der Waals surface area contributed by atoms with E-state index in [4.69, 9.17) is 5.73 Å². The molecule has 0 aromatic carbocycles. The molecule has 21 heavy (non-hydrogen) atoms. The van der Waals surface area contributed by atoms with Crippen LogP contribution in [0.15, 0.2) is 18.3 Å². The highest BCUT2D eigenvalue weighted by atomic mass is 19.4. The van der Waals surface area contributed by atoms with E-state index >= 15 is 0 Å². The van der Waals surface area contributed by atoms with Crippen LogP contribution in [0.5, 0.6) is 0 Å². The molecule has 2 N–H and O–H groups in total. The maximum absolute atomic E-state index is 14.0. The molecule has 0 spiro atoms. The number of hydrogen-bond donors (Lipinski definition) is 1. The standard InChI is InChI=1S/C13H16F5N3/c14-12(15,8-21-5-3-10(19)4-6-21)11-2-1-9(7-20-11)13(16,17)18/h1-2,7,10H,3-6,8,19H2. The quantitative estimate of drug-likeness (QED) is 0.873. The topological polar surface area (TPSA) is 42.1 Å². The van der Waals surface area contributed by atoms with Crippen LogP contribution in [0.1, 0.15) is 24.1 Å². The maximum Gasteiger partial charge on any atom is 0.417 e. The Morgan fingerprint density at radius 3 is 2.24 bits per heavy atom. The first-order chi connectivity index (χ1) is 9.68. The van der Waals surface area contributed by atoms with Crippen LogP contribution in [0, 0.1) is 0 Å². The van der Waals surface area contributed by atoms with E-state index < -0.39 is 29.9 Å². The number of alkyl halides is 5. The van der Waals surface area contributed by atoms with Gasteiger partial charge in [-0.15, -0.1) is 0 Å². The van der Waals surface area contributed by atoms with Crippen molar-refractivity contribution in [1.29, 1.82) is 0 Å². The molecule has 1 aromatic heterocycles. The van der Waals surface area contributed by atoms with Crippen LogP contribution in [0.2, 0.25) is 0 Å². The van der Waals surface area contributed by atoms with Crippen LogP contribution in [-0.2, 0) is 12.1 Å². The van der Waals surface area contributed by atoms with Gasteiger partial charge in [-0.2, -0.15) is 22.0 Å². The average molecular weight is 309 g/mol. The van der Waals surface area contributed by atoms with E-state index in [1.165, 1.54) is 0 Å². The highest BCUT2D eigenvalue weighted by Crippen LogP contribution is 2.32. The largest absolute Gasteiger partial charge is 0.417 e. The molecule has 1 aliphatic heterocycles. The maximum atomic E-state index is 14.0. The smallest absolute Gasteiger partial charge is 0.328 e. The molecule has 3 nitrogen and oxygen atoms in total. The van der Waals surface area contributed by atoms with E-state index in [9.17, 15) is 22.0 Å². The van der Waals surface area contributed by atoms with Gasteiger partial charge in [0.25, 0.3) is 0 Å². The third kappa shape index (κ3) is 4.10. The Morgan fingerprint density at radius 1 is 1.14 bits per heavy atom. The Balaban J connectivity index is 2.05. The van der Waals surface area contributed by atoms with Gasteiger partial charge in [0, 0.05) is 12.2 Å². The van der Waals surface area contributed by atoms with Crippen molar-refractivity contribution >= 4 is 0 Å². The van der Waals surface area contributed by atoms with Gasteiger partial charge in [-0.25, -0.2) is 0 Å². The molecule has 8 heteroatoms. The number of nitrogens with two attached hydrogens (primary N) is 1. The number of pyridine rings is 1. The minimum atomic E-state index is -4.58. The zero-order chi connectivity index (χ0) is 15.7. The van der Waals surface area contributed by atoms with E-state index in [2.05, 4.69) is 4.98 Å². The van der Waals surface area contributed by atoms with Crippen LogP contribution in [0.4, 0.5) is 22.0 Å². The third-order valence-electron chi connectivity index (χ3n) is 3.52. The second-order valence-electron chi connectivity index (χ2n) is 5.25. The summed E-state index contributed by atoms with van der Waals surface area (Å²) in [5.74, 6) is -3.29. The predicted octanol–water partition coefficient (Wildman–Crippen LogP) is 2.62. The van der Waals surface area contributed by atoms with E-state index in [0.717, 1.165) is 6.07 Å². The van der Waals surface area contributed by atoms with Gasteiger partial charge in [0.05, 0.1) is 12.1 Å². The first kappa shape index (κ1) is 16.1. The Kier molecular flexibility index (Phi) is 4.48. The van der Waals surface area contributed by atoms with Crippen molar-refractivity contribution in [2.45, 2.75) is 31.0 Å². The highest BCUT2D eigenvalue weighted by molar-refractivity contribution is 5.19. The van der Waals surface area contributed by atoms with Crippen LogP contribution < -0.4 is 5.73 Å². The third-order valence-corrected chi connectivity index (χ3v) is 3.52. The van der Waals surface area contributed by atoms with Crippen molar-refractivity contribution in [1.82, 2.24) is 9.88 Å². The SMILES string of the molecule is NC1CCN(CC(F)(F)c2ccc(C(F)(F)F)cn2)CC1. The number of aromatic nitrogens is 1. The van der Waals surface area contributed by atoms with Gasteiger partial charge in [-0.05, 0) is 38.1 Å². The molecule has 118 valence electrons. The average Bonchev–Trinajstić information content (AvgIpc) is 2.40. The van der Waals surface area contributed by atoms with Gasteiger partial charge in [-0.1, -0.05) is 0 Å². The molecule has 2 heterocycles. The van der Waals surface area contributed by atoms with E-state index in [1.54, 1.807) is 4.90 Å². The zero-order valence-corrected chi connectivity index (χ0v) is 11.2. The second kappa shape index (κ2) is 5.84. The normalized spacial score (nSPS) is 19.0. The summed E-state index contributed by atoms with van der Waals surface area (Å²) in [5, 5.41) is 0. The summed E-state index contributed by atoms with van der Waals surface area (Å²) in [5.41, 5.74) is 4.01. The Hall–Kier alpha value is -1.28. The summed E-state index contributed by atoms with van der Waals surface area (Å²) < 4.78 is 65.2. The molecule has 0 atom stereocenters. The summed E-state index contributed by atoms with van der Waals surface area (Å²) in [4.78, 5) is 4.83. The molecule has 0 bridgehead atoms. The summed E-state index contributed by atoms with van der Waals surface area (Å²) in [6.45, 7) is 0.354. The molecule has 1 fully saturated rings. The van der Waals surface area contributed by atoms with E-state index in [0.29, 0.717) is 38.2 Å². The van der Waals surface area contributed by atoms with Crippen molar-refractivity contribution in [2.24, 2.45) is 5.73 Å². The van der Waals surface area contributed by atoms with Crippen LogP contribution in [0.25, 0.3) is 0 Å². The molecule has 0 unspecified atom stereocenters. The fourth-order valence-electron chi connectivity index (χ4n) is 2.25. The summed E-state index contributed by atoms with van der Waals surface area (Å²) in [6, 6.07) is 1.39. The van der Waals surface area contributed by atoms with Crippen molar-refractivity contribution in [3.05, 3.63) is 29.6 Å². The molecule has 0 radical (unpaired) electrons. The van der Waals surface area contributed by atoms with Crippen LogP contribution in [-0.4, -0.2) is 35.6 Å². The van der Waals surface area contributed by atoms with Gasteiger partial charge in [0.15, 0.2) is 0 Å². The van der Waals surface area contributed by atoms with Crippen molar-refractivity contribution in [3.8, 4) is 0 Å². The summed E-state index contributed by atoms with van der Waals surface area (Å²) >= 11 is 0. The lowest BCUT2D eigenvalue weighted by atomic mass is 10.0. The van der Waals surface area contributed by atoms with Crippen molar-refractivity contribution < 1.29 is 22.0 Å². The minimum Gasteiger partial charge on any atom is -0.328 e. The summed E-state index contributed by atoms with van der Waals surface area (Å²) in [7, 11) is 0. The molecule has 0 aliphatic carbocycles. The van der Waals surface area contributed by atoms with Crippen molar-refractivity contribution in [2.75, 3.05) is 19.6 Å². The highest BCUT2D eigenvalue weighted by Gasteiger charge is 2.38. The Bertz CT molecular complexity index is 464. The second-order valence-corrected chi connectivity index (χ2v) is 5.25. The lowest BCUT2D eigenvalue weighted by molar-refractivity contribution is -0.138. The number of rotatable bonds is 3. The summed E-state index contributed by atoms with van der Waals surface area (Å²) in [6.07, 6.45) is -2.87. The molecular formula is C13H16F5N3. The lowest BCUT2D eigenvalue weighted by Crippen LogP contribution is -2.44. The van der Waals surface area contributed by atoms with Gasteiger partial charge in [-0.3, -0.25) is 9.88 Å². The molecule has 0 saturated carbocycles. The fraction of sp³-hybridized carbons (Fsp3) is 0.615. The molecule has 1 aliphatic rings. The number of hydrogen-bond acceptors (Lipinski definition) is 3. The van der Waals surface area contributed by atoms with E-state index in [-0.39, 0.29) is 6.04 Å². The Labute approximate surface area is 118 Å². The van der Waals surface area contributed by atoms with Crippen LogP contribution in [0.3, 0.4) is 0 Å². The van der Waals surface area contributed by atoms with Gasteiger partial charge < -0.3 is 5.73 Å². The van der Waals surface area contributed by atoms with Crippen molar-refractivity contribution in [3.63, 3.8) is 0 Å². The molecule has 1 saturated heterocycles. The monoisotopic (exact) mass is 309 g/mol. The van der Waals surface area contributed by atoms with Crippen LogP contribution >= 0.6 is 0 Å². The predicted molar refractivity (Wildman–Crippen MR) is 66.8 cm³/mol. The molecule has 2 rings (SSSR count). The molecule has 1 aromatic rings.